The van der Waals surface area contributed by atoms with Crippen molar-refractivity contribution in [3.8, 4) is 0 Å². The topological polar surface area (TPSA) is 68.3 Å². The normalized spacial score (nSPS) is 12.7. The Morgan fingerprint density at radius 2 is 2.14 bits per heavy atom. The van der Waals surface area contributed by atoms with Crippen LogP contribution >= 0.6 is 0 Å². The smallest absolute Gasteiger partial charge is 0.408 e. The number of rotatable bonds is 4. The van der Waals surface area contributed by atoms with E-state index in [0.717, 1.165) is 22.8 Å². The van der Waals surface area contributed by atoms with Crippen molar-refractivity contribution in [2.24, 2.45) is 0 Å². The minimum absolute atomic E-state index is 0.186. The number of amides is 1. The Balaban J connectivity index is 2.22. The van der Waals surface area contributed by atoms with E-state index < -0.39 is 17.7 Å². The molecule has 0 fully saturated rings. The van der Waals surface area contributed by atoms with Crippen molar-refractivity contribution >= 4 is 23.3 Å². The van der Waals surface area contributed by atoms with Crippen LogP contribution in [0.25, 0.3) is 10.9 Å². The van der Waals surface area contributed by atoms with Crippen molar-refractivity contribution in [1.82, 2.24) is 10.3 Å². The van der Waals surface area contributed by atoms with Gasteiger partial charge in [0, 0.05) is 18.0 Å². The van der Waals surface area contributed by atoms with Gasteiger partial charge in [-0.2, -0.15) is 0 Å². The van der Waals surface area contributed by atoms with Crippen molar-refractivity contribution in [3.63, 3.8) is 0 Å². The lowest BCUT2D eigenvalue weighted by atomic mass is 10.0. The zero-order valence-electron chi connectivity index (χ0n) is 13.0. The first kappa shape index (κ1) is 15.9. The molecular weight excluding hydrogens is 280 g/mol. The predicted molar refractivity (Wildman–Crippen MR) is 84.5 cm³/mol. The maximum absolute atomic E-state index is 11.9. The zero-order valence-corrected chi connectivity index (χ0v) is 13.0. The summed E-state index contributed by atoms with van der Waals surface area (Å²) in [6.45, 7) is 5.38. The first-order valence-corrected chi connectivity index (χ1v) is 7.17. The fraction of sp³-hybridized carbons (Fsp3) is 0.353. The molecule has 1 atom stereocenters. The Labute approximate surface area is 129 Å². The highest BCUT2D eigenvalue weighted by atomic mass is 16.6. The number of hydrogen-bond acceptors (Lipinski definition) is 4. The summed E-state index contributed by atoms with van der Waals surface area (Å²) in [6, 6.07) is 9.03. The molecule has 1 N–H and O–H groups in total. The fourth-order valence-electron chi connectivity index (χ4n) is 2.14. The van der Waals surface area contributed by atoms with E-state index in [-0.39, 0.29) is 6.42 Å². The van der Waals surface area contributed by atoms with Crippen molar-refractivity contribution in [1.29, 1.82) is 0 Å². The van der Waals surface area contributed by atoms with E-state index in [2.05, 4.69) is 10.3 Å². The van der Waals surface area contributed by atoms with Crippen molar-refractivity contribution < 1.29 is 14.3 Å². The van der Waals surface area contributed by atoms with Crippen LogP contribution in [0.5, 0.6) is 0 Å². The number of pyridine rings is 1. The highest BCUT2D eigenvalue weighted by Crippen LogP contribution is 2.21. The monoisotopic (exact) mass is 300 g/mol. The lowest BCUT2D eigenvalue weighted by Crippen LogP contribution is -2.35. The molecule has 1 aromatic carbocycles. The predicted octanol–water partition coefficient (Wildman–Crippen LogP) is 3.39. The van der Waals surface area contributed by atoms with E-state index >= 15 is 0 Å². The van der Waals surface area contributed by atoms with Crippen molar-refractivity contribution in [2.45, 2.75) is 38.8 Å². The van der Waals surface area contributed by atoms with Crippen LogP contribution in [0.15, 0.2) is 36.5 Å². The van der Waals surface area contributed by atoms with Crippen LogP contribution in [0.2, 0.25) is 0 Å². The van der Waals surface area contributed by atoms with Crippen LogP contribution in [0.1, 0.15) is 38.8 Å². The summed E-state index contributed by atoms with van der Waals surface area (Å²) in [6.07, 6.45) is 2.16. The number of alkyl carbamates (subject to hydrolysis) is 1. The summed E-state index contributed by atoms with van der Waals surface area (Å²) < 4.78 is 5.25. The molecule has 22 heavy (non-hydrogen) atoms. The van der Waals surface area contributed by atoms with Gasteiger partial charge in [-0.3, -0.25) is 4.98 Å². The minimum atomic E-state index is -0.580. The molecule has 5 heteroatoms. The molecule has 1 aromatic heterocycles. The summed E-state index contributed by atoms with van der Waals surface area (Å²) in [7, 11) is 0. The largest absolute Gasteiger partial charge is 0.444 e. The molecule has 1 amide bonds. The summed E-state index contributed by atoms with van der Waals surface area (Å²) in [4.78, 5) is 27.1. The Hall–Kier alpha value is -2.43. The number of nitrogens with one attached hydrogen (secondary N) is 1. The Kier molecular flexibility index (Phi) is 4.75. The lowest BCUT2D eigenvalue weighted by Gasteiger charge is -2.23. The van der Waals surface area contributed by atoms with E-state index in [4.69, 9.17) is 4.74 Å². The van der Waals surface area contributed by atoms with Crippen LogP contribution in [-0.4, -0.2) is 23.0 Å². The van der Waals surface area contributed by atoms with Gasteiger partial charge in [-0.15, -0.1) is 0 Å². The lowest BCUT2D eigenvalue weighted by molar-refractivity contribution is -0.108. The summed E-state index contributed by atoms with van der Waals surface area (Å²) in [5.74, 6) is 0. The van der Waals surface area contributed by atoms with Gasteiger partial charge in [0.1, 0.15) is 11.9 Å². The fourth-order valence-corrected chi connectivity index (χ4v) is 2.14. The number of carbonyl (C=O) groups excluding carboxylic acids is 2. The molecule has 0 aliphatic rings. The molecule has 1 heterocycles. The van der Waals surface area contributed by atoms with Gasteiger partial charge in [-0.25, -0.2) is 4.79 Å². The second-order valence-electron chi connectivity index (χ2n) is 6.06. The zero-order chi connectivity index (χ0) is 16.2. The third-order valence-electron chi connectivity index (χ3n) is 3.05. The van der Waals surface area contributed by atoms with Gasteiger partial charge in [-0.05, 0) is 44.5 Å². The second-order valence-corrected chi connectivity index (χ2v) is 6.06. The number of hydrogen-bond donors (Lipinski definition) is 1. The molecule has 0 aliphatic heterocycles. The van der Waals surface area contributed by atoms with Crippen molar-refractivity contribution in [3.05, 3.63) is 42.1 Å². The summed E-state index contributed by atoms with van der Waals surface area (Å²) in [5.41, 5.74) is 1.13. The third-order valence-corrected chi connectivity index (χ3v) is 3.05. The molecule has 0 radical (unpaired) electrons. The highest BCUT2D eigenvalue weighted by molar-refractivity contribution is 5.79. The molecule has 0 unspecified atom stereocenters. The van der Waals surface area contributed by atoms with E-state index in [0.29, 0.717) is 0 Å². The molecule has 5 nitrogen and oxygen atoms in total. The molecule has 2 rings (SSSR count). The standard InChI is InChI=1S/C17H20N2O3/c1-17(2,3)22-16(21)19-15(8-10-20)13-6-7-14-12(11-13)5-4-9-18-14/h4-7,9-11,15H,8H2,1-3H3,(H,19,21)/t15-/m0/s1. The first-order chi connectivity index (χ1) is 10.4. The molecule has 0 bridgehead atoms. The molecule has 0 saturated carbocycles. The number of carbonyl (C=O) groups is 2. The SMILES string of the molecule is CC(C)(C)OC(=O)N[C@@H](CC=O)c1ccc2ncccc2c1. The number of ether oxygens (including phenoxy) is 1. The molecule has 0 aliphatic carbocycles. The quantitative estimate of drug-likeness (QED) is 0.879. The second kappa shape index (κ2) is 6.56. The van der Waals surface area contributed by atoms with Crippen LogP contribution in [0.3, 0.4) is 0 Å². The number of aldehydes is 1. The van der Waals surface area contributed by atoms with Crippen LogP contribution < -0.4 is 5.32 Å². The van der Waals surface area contributed by atoms with Gasteiger partial charge in [0.2, 0.25) is 0 Å². The van der Waals surface area contributed by atoms with Crippen LogP contribution in [0.4, 0.5) is 4.79 Å². The maximum Gasteiger partial charge on any atom is 0.408 e. The molecule has 116 valence electrons. The molecule has 2 aromatic rings. The minimum Gasteiger partial charge on any atom is -0.444 e. The highest BCUT2D eigenvalue weighted by Gasteiger charge is 2.20. The van der Waals surface area contributed by atoms with Crippen molar-refractivity contribution in [2.75, 3.05) is 0 Å². The van der Waals surface area contributed by atoms with E-state index in [1.807, 2.05) is 30.3 Å². The number of benzene rings is 1. The first-order valence-electron chi connectivity index (χ1n) is 7.17. The van der Waals surface area contributed by atoms with Gasteiger partial charge in [0.25, 0.3) is 0 Å². The van der Waals surface area contributed by atoms with Crippen LogP contribution in [0, 0.1) is 0 Å². The summed E-state index contributed by atoms with van der Waals surface area (Å²) >= 11 is 0. The molecule has 0 spiro atoms. The number of nitrogens with zero attached hydrogens (tertiary/aromatic N) is 1. The Morgan fingerprint density at radius 1 is 1.36 bits per heavy atom. The van der Waals surface area contributed by atoms with E-state index in [9.17, 15) is 9.59 Å². The van der Waals surface area contributed by atoms with Gasteiger partial charge in [0.05, 0.1) is 11.6 Å². The molecule has 0 saturated heterocycles. The van der Waals surface area contributed by atoms with Gasteiger partial charge in [-0.1, -0.05) is 12.1 Å². The van der Waals surface area contributed by atoms with E-state index in [1.165, 1.54) is 0 Å². The average Bonchev–Trinajstić information content (AvgIpc) is 2.44. The third kappa shape index (κ3) is 4.28. The van der Waals surface area contributed by atoms with E-state index in [1.54, 1.807) is 27.0 Å². The molecular formula is C17H20N2O3. The summed E-state index contributed by atoms with van der Waals surface area (Å²) in [5, 5.41) is 3.70. The van der Waals surface area contributed by atoms with Crippen LogP contribution in [-0.2, 0) is 9.53 Å². The number of aromatic nitrogens is 1. The Morgan fingerprint density at radius 3 is 2.82 bits per heavy atom. The number of fused-ring (bicyclic) bond motifs is 1. The van der Waals surface area contributed by atoms with Gasteiger partial charge in [0.15, 0.2) is 0 Å². The van der Waals surface area contributed by atoms with Gasteiger partial charge >= 0.3 is 6.09 Å². The van der Waals surface area contributed by atoms with Gasteiger partial charge < -0.3 is 14.8 Å². The average molecular weight is 300 g/mol. The maximum atomic E-state index is 11.9. The Bertz CT molecular complexity index is 677.